The predicted molar refractivity (Wildman–Crippen MR) is 85.4 cm³/mol. The molecule has 0 amide bonds. The van der Waals surface area contributed by atoms with Crippen LogP contribution in [0.15, 0.2) is 58.3 Å². The lowest BCUT2D eigenvalue weighted by atomic mass is 10.1. The van der Waals surface area contributed by atoms with Crippen LogP contribution in [0, 0.1) is 18.3 Å². The van der Waals surface area contributed by atoms with Crippen molar-refractivity contribution in [3.63, 3.8) is 0 Å². The summed E-state index contributed by atoms with van der Waals surface area (Å²) in [4.78, 5) is 10.4. The van der Waals surface area contributed by atoms with E-state index in [1.165, 1.54) is 42.5 Å². The third-order valence-electron chi connectivity index (χ3n) is 3.19. The first-order valence-corrected chi connectivity index (χ1v) is 8.10. The average molecular weight is 327 g/mol. The maximum absolute atomic E-state index is 12.5. The van der Waals surface area contributed by atoms with Crippen molar-refractivity contribution < 1.29 is 18.3 Å². The lowest BCUT2D eigenvalue weighted by Gasteiger charge is -2.04. The number of carbonyl (C=O) groups is 1. The van der Waals surface area contributed by atoms with Gasteiger partial charge < -0.3 is 5.11 Å². The molecule has 6 heteroatoms. The Morgan fingerprint density at radius 2 is 1.65 bits per heavy atom. The third kappa shape index (κ3) is 3.65. The number of hydrogen-bond donors (Lipinski definition) is 1. The lowest BCUT2D eigenvalue weighted by molar-refractivity contribution is 0.0697. The van der Waals surface area contributed by atoms with E-state index < -0.39 is 20.7 Å². The summed E-state index contributed by atoms with van der Waals surface area (Å²) in [5, 5.41) is 18.0. The average Bonchev–Trinajstić information content (AvgIpc) is 2.53. The van der Waals surface area contributed by atoms with Gasteiger partial charge in [0, 0.05) is 0 Å². The van der Waals surface area contributed by atoms with E-state index in [-0.39, 0.29) is 10.5 Å². The molecule has 0 aliphatic carbocycles. The van der Waals surface area contributed by atoms with Crippen molar-refractivity contribution >= 4 is 21.9 Å². The SMILES string of the molecule is Cc1ccc(S(=O)(=O)/C(C#N)=C\c2ccc(C(=O)O)cc2)cc1. The van der Waals surface area contributed by atoms with Gasteiger partial charge in [-0.2, -0.15) is 5.26 Å². The smallest absolute Gasteiger partial charge is 0.335 e. The van der Waals surface area contributed by atoms with E-state index >= 15 is 0 Å². The highest BCUT2D eigenvalue weighted by Crippen LogP contribution is 2.21. The zero-order valence-corrected chi connectivity index (χ0v) is 13.0. The monoisotopic (exact) mass is 327 g/mol. The van der Waals surface area contributed by atoms with E-state index in [4.69, 9.17) is 5.11 Å². The third-order valence-corrected chi connectivity index (χ3v) is 4.87. The minimum atomic E-state index is -3.91. The summed E-state index contributed by atoms with van der Waals surface area (Å²) in [6, 6.07) is 13.5. The first kappa shape index (κ1) is 16.5. The highest BCUT2D eigenvalue weighted by Gasteiger charge is 2.20. The van der Waals surface area contributed by atoms with Gasteiger partial charge in [-0.1, -0.05) is 29.8 Å². The van der Waals surface area contributed by atoms with Crippen molar-refractivity contribution in [2.24, 2.45) is 0 Å². The van der Waals surface area contributed by atoms with E-state index in [0.29, 0.717) is 5.56 Å². The van der Waals surface area contributed by atoms with Gasteiger partial charge in [0.05, 0.1) is 10.5 Å². The summed E-state index contributed by atoms with van der Waals surface area (Å²) in [7, 11) is -3.91. The number of carboxylic acids is 1. The van der Waals surface area contributed by atoms with E-state index in [2.05, 4.69) is 0 Å². The van der Waals surface area contributed by atoms with Crippen LogP contribution < -0.4 is 0 Å². The van der Waals surface area contributed by atoms with Crippen molar-refractivity contribution in [2.45, 2.75) is 11.8 Å². The number of aromatic carboxylic acids is 1. The van der Waals surface area contributed by atoms with Crippen LogP contribution in [-0.2, 0) is 9.84 Å². The first-order valence-electron chi connectivity index (χ1n) is 6.61. The standard InChI is InChI=1S/C17H13NO4S/c1-12-2-8-15(9-3-12)23(21,22)16(11-18)10-13-4-6-14(7-5-13)17(19)20/h2-10H,1H3,(H,19,20)/b16-10-. The fourth-order valence-electron chi connectivity index (χ4n) is 1.89. The van der Waals surface area contributed by atoms with E-state index in [9.17, 15) is 18.5 Å². The van der Waals surface area contributed by atoms with Crippen LogP contribution in [0.2, 0.25) is 0 Å². The zero-order chi connectivity index (χ0) is 17.0. The molecule has 0 radical (unpaired) electrons. The van der Waals surface area contributed by atoms with E-state index in [1.54, 1.807) is 18.2 Å². The van der Waals surface area contributed by atoms with Gasteiger partial charge in [-0.15, -0.1) is 0 Å². The second-order valence-electron chi connectivity index (χ2n) is 4.86. The molecule has 2 aromatic carbocycles. The molecule has 0 bridgehead atoms. The van der Waals surface area contributed by atoms with Gasteiger partial charge in [0.1, 0.15) is 11.0 Å². The number of sulfone groups is 1. The number of nitrogens with zero attached hydrogens (tertiary/aromatic N) is 1. The molecular formula is C17H13NO4S. The van der Waals surface area contributed by atoms with Crippen LogP contribution in [-0.4, -0.2) is 19.5 Å². The van der Waals surface area contributed by atoms with Crippen LogP contribution in [0.1, 0.15) is 21.5 Å². The molecule has 0 saturated heterocycles. The van der Waals surface area contributed by atoms with Crippen molar-refractivity contribution in [3.05, 3.63) is 70.1 Å². The lowest BCUT2D eigenvalue weighted by Crippen LogP contribution is -2.03. The van der Waals surface area contributed by atoms with Crippen molar-refractivity contribution in [3.8, 4) is 6.07 Å². The molecule has 0 atom stereocenters. The van der Waals surface area contributed by atoms with Crippen molar-refractivity contribution in [1.82, 2.24) is 0 Å². The number of hydrogen-bond acceptors (Lipinski definition) is 4. The van der Waals surface area contributed by atoms with Crippen molar-refractivity contribution in [2.75, 3.05) is 0 Å². The van der Waals surface area contributed by atoms with Gasteiger partial charge in [-0.05, 0) is 42.8 Å². The largest absolute Gasteiger partial charge is 0.478 e. The highest BCUT2D eigenvalue weighted by atomic mass is 32.2. The summed E-state index contributed by atoms with van der Waals surface area (Å²) < 4.78 is 24.9. The molecule has 5 nitrogen and oxygen atoms in total. The predicted octanol–water partition coefficient (Wildman–Crippen LogP) is 3.03. The molecule has 0 aliphatic heterocycles. The normalized spacial score (nSPS) is 11.7. The molecule has 2 aromatic rings. The number of rotatable bonds is 4. The molecule has 0 aliphatic rings. The van der Waals surface area contributed by atoms with Gasteiger partial charge >= 0.3 is 5.97 Å². The van der Waals surface area contributed by atoms with Gasteiger partial charge in [-0.25, -0.2) is 13.2 Å². The van der Waals surface area contributed by atoms with Crippen LogP contribution >= 0.6 is 0 Å². The van der Waals surface area contributed by atoms with E-state index in [1.807, 2.05) is 6.92 Å². The Labute approximate surface area is 134 Å². The molecule has 116 valence electrons. The molecule has 0 spiro atoms. The van der Waals surface area contributed by atoms with E-state index in [0.717, 1.165) is 5.56 Å². The number of nitriles is 1. The Hall–Kier alpha value is -2.91. The maximum Gasteiger partial charge on any atom is 0.335 e. The number of benzene rings is 2. The number of aryl methyl sites for hydroxylation is 1. The van der Waals surface area contributed by atoms with Gasteiger partial charge in [-0.3, -0.25) is 0 Å². The summed E-state index contributed by atoms with van der Waals surface area (Å²) in [6.07, 6.45) is 1.22. The molecule has 2 rings (SSSR count). The van der Waals surface area contributed by atoms with Gasteiger partial charge in [0.25, 0.3) is 0 Å². The fraction of sp³-hybridized carbons (Fsp3) is 0.0588. The van der Waals surface area contributed by atoms with Gasteiger partial charge in [0.2, 0.25) is 9.84 Å². The minimum absolute atomic E-state index is 0.0399. The van der Waals surface area contributed by atoms with Gasteiger partial charge in [0.15, 0.2) is 0 Å². The molecule has 0 fully saturated rings. The van der Waals surface area contributed by atoms with Crippen LogP contribution in [0.4, 0.5) is 0 Å². The Bertz CT molecular complexity index is 903. The maximum atomic E-state index is 12.5. The molecule has 0 saturated carbocycles. The first-order chi connectivity index (χ1) is 10.8. The number of carboxylic acid groups (broad SMARTS) is 1. The number of allylic oxidation sites excluding steroid dienone is 1. The Kier molecular flexibility index (Phi) is 4.63. The molecule has 1 N–H and O–H groups in total. The quantitative estimate of drug-likeness (QED) is 0.871. The summed E-state index contributed by atoms with van der Waals surface area (Å²) >= 11 is 0. The summed E-state index contributed by atoms with van der Waals surface area (Å²) in [5.41, 5.74) is 1.43. The van der Waals surface area contributed by atoms with Crippen LogP contribution in [0.3, 0.4) is 0 Å². The zero-order valence-electron chi connectivity index (χ0n) is 12.2. The Morgan fingerprint density at radius 1 is 1.09 bits per heavy atom. The molecule has 0 aromatic heterocycles. The molecule has 0 heterocycles. The molecule has 23 heavy (non-hydrogen) atoms. The topological polar surface area (TPSA) is 95.2 Å². The molecule has 0 unspecified atom stereocenters. The van der Waals surface area contributed by atoms with Crippen LogP contribution in [0.25, 0.3) is 6.08 Å². The molecular weight excluding hydrogens is 314 g/mol. The summed E-state index contributed by atoms with van der Waals surface area (Å²) in [5.74, 6) is -1.08. The highest BCUT2D eigenvalue weighted by molar-refractivity contribution is 7.95. The second-order valence-corrected chi connectivity index (χ2v) is 6.78. The Morgan fingerprint density at radius 3 is 2.13 bits per heavy atom. The van der Waals surface area contributed by atoms with Crippen molar-refractivity contribution in [1.29, 1.82) is 5.26 Å². The minimum Gasteiger partial charge on any atom is -0.478 e. The summed E-state index contributed by atoms with van der Waals surface area (Å²) in [6.45, 7) is 1.83. The second kappa shape index (κ2) is 6.46. The Balaban J connectivity index is 2.44. The fourth-order valence-corrected chi connectivity index (χ4v) is 3.05. The van der Waals surface area contributed by atoms with Crippen LogP contribution in [0.5, 0.6) is 0 Å².